The molecule has 3 heterocycles. The van der Waals surface area contributed by atoms with Crippen LogP contribution in [0.3, 0.4) is 0 Å². The van der Waals surface area contributed by atoms with Gasteiger partial charge in [-0.2, -0.15) is 4.31 Å². The highest BCUT2D eigenvalue weighted by molar-refractivity contribution is 7.89. The van der Waals surface area contributed by atoms with Crippen LogP contribution in [0.5, 0.6) is 0 Å². The zero-order chi connectivity index (χ0) is 19.0. The molecule has 0 saturated carbocycles. The van der Waals surface area contributed by atoms with Crippen molar-refractivity contribution in [3.05, 3.63) is 41.2 Å². The predicted molar refractivity (Wildman–Crippen MR) is 104 cm³/mol. The van der Waals surface area contributed by atoms with Crippen LogP contribution < -0.4 is 16.6 Å². The highest BCUT2D eigenvalue weighted by Gasteiger charge is 2.42. The van der Waals surface area contributed by atoms with Gasteiger partial charge < -0.3 is 5.73 Å². The second-order valence-corrected chi connectivity index (χ2v) is 9.33. The van der Waals surface area contributed by atoms with E-state index in [4.69, 9.17) is 17.3 Å². The molecule has 4 rings (SSSR count). The molecule has 144 valence electrons. The third-order valence-corrected chi connectivity index (χ3v) is 7.56. The highest BCUT2D eigenvalue weighted by atomic mass is 35.5. The van der Waals surface area contributed by atoms with E-state index in [0.29, 0.717) is 36.8 Å². The van der Waals surface area contributed by atoms with Gasteiger partial charge in [-0.1, -0.05) is 23.7 Å². The van der Waals surface area contributed by atoms with Crippen LogP contribution in [0.15, 0.2) is 30.5 Å². The summed E-state index contributed by atoms with van der Waals surface area (Å²) in [6.45, 7) is 1.26. The van der Waals surface area contributed by atoms with Gasteiger partial charge in [-0.25, -0.2) is 18.4 Å². The van der Waals surface area contributed by atoms with E-state index in [1.165, 1.54) is 0 Å². The third-order valence-electron chi connectivity index (χ3n) is 5.04. The van der Waals surface area contributed by atoms with Crippen LogP contribution in [-0.4, -0.2) is 47.6 Å². The zero-order valence-electron chi connectivity index (χ0n) is 14.6. The highest BCUT2D eigenvalue weighted by Crippen LogP contribution is 2.39. The van der Waals surface area contributed by atoms with Crippen molar-refractivity contribution in [3.8, 4) is 11.1 Å². The minimum atomic E-state index is -3.47. The molecule has 0 spiro atoms. The van der Waals surface area contributed by atoms with Crippen LogP contribution in [0.4, 0.5) is 5.95 Å². The third kappa shape index (κ3) is 3.53. The molecule has 0 amide bonds. The Balaban J connectivity index is 1.75. The van der Waals surface area contributed by atoms with Crippen LogP contribution in [0.25, 0.3) is 11.1 Å². The Bertz CT molecular complexity index is 931. The van der Waals surface area contributed by atoms with Gasteiger partial charge in [0.15, 0.2) is 0 Å². The van der Waals surface area contributed by atoms with Gasteiger partial charge >= 0.3 is 0 Å². The second-order valence-electron chi connectivity index (χ2n) is 6.73. The number of hydrazine groups is 1. The lowest BCUT2D eigenvalue weighted by Crippen LogP contribution is -2.41. The number of nitrogen functional groups attached to an aromatic ring is 1. The molecule has 1 atom stereocenters. The van der Waals surface area contributed by atoms with Crippen molar-refractivity contribution in [2.24, 2.45) is 0 Å². The SMILES string of the molecule is Nc1ncc(-c2ccc(Cl)cc2)c(C2CCCN2S(=O)(=O)C2CNNC2)n1. The summed E-state index contributed by atoms with van der Waals surface area (Å²) >= 11 is 6.00. The maximum absolute atomic E-state index is 13.2. The molecule has 10 heteroatoms. The number of aromatic nitrogens is 2. The zero-order valence-corrected chi connectivity index (χ0v) is 16.2. The molecular formula is C17H21ClN6O2S. The van der Waals surface area contributed by atoms with Gasteiger partial charge in [0, 0.05) is 36.4 Å². The average Bonchev–Trinajstić information content (AvgIpc) is 3.35. The smallest absolute Gasteiger partial charge is 0.220 e. The molecule has 1 aromatic carbocycles. The lowest BCUT2D eigenvalue weighted by Gasteiger charge is -2.27. The molecular weight excluding hydrogens is 388 g/mol. The molecule has 0 radical (unpaired) electrons. The van der Waals surface area contributed by atoms with Crippen molar-refractivity contribution in [2.75, 3.05) is 25.4 Å². The van der Waals surface area contributed by atoms with Crippen LogP contribution in [0.1, 0.15) is 24.6 Å². The van der Waals surface area contributed by atoms with Crippen molar-refractivity contribution in [3.63, 3.8) is 0 Å². The van der Waals surface area contributed by atoms with Gasteiger partial charge in [0.1, 0.15) is 5.25 Å². The summed E-state index contributed by atoms with van der Waals surface area (Å²) < 4.78 is 27.9. The summed E-state index contributed by atoms with van der Waals surface area (Å²) in [5.74, 6) is 0.135. The van der Waals surface area contributed by atoms with E-state index in [1.807, 2.05) is 12.1 Å². The number of hydrogen-bond acceptors (Lipinski definition) is 7. The standard InChI is InChI=1S/C17H21ClN6O2S/c18-12-5-3-11(4-6-12)14-10-20-17(19)23-16(14)15-2-1-7-24(15)27(25,26)13-8-21-22-9-13/h3-6,10,13,15,21-22H,1-2,7-9H2,(H2,19,20,23). The molecule has 8 nitrogen and oxygen atoms in total. The number of hydrogen-bond donors (Lipinski definition) is 3. The predicted octanol–water partition coefficient (Wildman–Crippen LogP) is 1.32. The molecule has 2 aliphatic heterocycles. The Labute approximate surface area is 163 Å². The minimum absolute atomic E-state index is 0.135. The minimum Gasteiger partial charge on any atom is -0.368 e. The normalized spacial score (nSPS) is 21.7. The second kappa shape index (κ2) is 7.33. The number of anilines is 1. The largest absolute Gasteiger partial charge is 0.368 e. The molecule has 0 bridgehead atoms. The maximum Gasteiger partial charge on any atom is 0.220 e. The van der Waals surface area contributed by atoms with Gasteiger partial charge in [-0.3, -0.25) is 10.9 Å². The Hall–Kier alpha value is -1.78. The molecule has 1 unspecified atom stereocenters. The Kier molecular flexibility index (Phi) is 5.04. The lowest BCUT2D eigenvalue weighted by atomic mass is 10.0. The molecule has 27 heavy (non-hydrogen) atoms. The fraction of sp³-hybridized carbons (Fsp3) is 0.412. The van der Waals surface area contributed by atoms with E-state index in [1.54, 1.807) is 22.6 Å². The lowest BCUT2D eigenvalue weighted by molar-refractivity contribution is 0.386. The topological polar surface area (TPSA) is 113 Å². The van der Waals surface area contributed by atoms with Crippen molar-refractivity contribution in [2.45, 2.75) is 24.1 Å². The maximum atomic E-state index is 13.2. The fourth-order valence-corrected chi connectivity index (χ4v) is 5.72. The van der Waals surface area contributed by atoms with Gasteiger partial charge in [0.2, 0.25) is 16.0 Å². The molecule has 4 N–H and O–H groups in total. The van der Waals surface area contributed by atoms with Gasteiger partial charge in [-0.15, -0.1) is 0 Å². The number of nitrogens with zero attached hydrogens (tertiary/aromatic N) is 3. The van der Waals surface area contributed by atoms with Crippen molar-refractivity contribution in [1.82, 2.24) is 25.1 Å². The molecule has 2 aromatic rings. The Morgan fingerprint density at radius 3 is 2.59 bits per heavy atom. The van der Waals surface area contributed by atoms with Gasteiger partial charge in [0.05, 0.1) is 11.7 Å². The number of nitrogens with two attached hydrogens (primary N) is 1. The van der Waals surface area contributed by atoms with E-state index in [-0.39, 0.29) is 12.0 Å². The summed E-state index contributed by atoms with van der Waals surface area (Å²) in [5.41, 5.74) is 13.9. The molecule has 2 aliphatic rings. The Morgan fingerprint density at radius 2 is 1.89 bits per heavy atom. The van der Waals surface area contributed by atoms with Crippen molar-refractivity contribution in [1.29, 1.82) is 0 Å². The summed E-state index contributed by atoms with van der Waals surface area (Å²) in [6, 6.07) is 6.97. The quantitative estimate of drug-likeness (QED) is 0.699. The average molecular weight is 409 g/mol. The van der Waals surface area contributed by atoms with E-state index in [2.05, 4.69) is 20.8 Å². The fourth-order valence-electron chi connectivity index (χ4n) is 3.68. The number of nitrogens with one attached hydrogen (secondary N) is 2. The van der Waals surface area contributed by atoms with E-state index >= 15 is 0 Å². The van der Waals surface area contributed by atoms with E-state index < -0.39 is 15.3 Å². The van der Waals surface area contributed by atoms with Crippen molar-refractivity contribution < 1.29 is 8.42 Å². The monoisotopic (exact) mass is 408 g/mol. The first-order valence-corrected chi connectivity index (χ1v) is 10.7. The first-order valence-electron chi connectivity index (χ1n) is 8.81. The molecule has 0 aliphatic carbocycles. The van der Waals surface area contributed by atoms with Crippen LogP contribution >= 0.6 is 11.6 Å². The summed E-state index contributed by atoms with van der Waals surface area (Å²) in [6.07, 6.45) is 3.13. The number of benzene rings is 1. The van der Waals surface area contributed by atoms with Gasteiger partial charge in [-0.05, 0) is 30.5 Å². The summed E-state index contributed by atoms with van der Waals surface area (Å²) in [4.78, 5) is 8.56. The molecule has 2 fully saturated rings. The van der Waals surface area contributed by atoms with E-state index in [9.17, 15) is 8.42 Å². The summed E-state index contributed by atoms with van der Waals surface area (Å²) in [7, 11) is -3.47. The van der Waals surface area contributed by atoms with Crippen molar-refractivity contribution >= 4 is 27.6 Å². The van der Waals surface area contributed by atoms with Crippen LogP contribution in [0, 0.1) is 0 Å². The first kappa shape index (κ1) is 18.6. The van der Waals surface area contributed by atoms with Gasteiger partial charge in [0.25, 0.3) is 0 Å². The molecule has 1 aromatic heterocycles. The van der Waals surface area contributed by atoms with Crippen LogP contribution in [0.2, 0.25) is 5.02 Å². The Morgan fingerprint density at radius 1 is 1.19 bits per heavy atom. The van der Waals surface area contributed by atoms with E-state index in [0.717, 1.165) is 17.5 Å². The summed E-state index contributed by atoms with van der Waals surface area (Å²) in [5, 5.41) is 0.138. The first-order chi connectivity index (χ1) is 13.0. The number of rotatable bonds is 4. The number of halogens is 1. The van der Waals surface area contributed by atoms with Crippen LogP contribution in [-0.2, 0) is 10.0 Å². The molecule has 2 saturated heterocycles. The number of sulfonamides is 1.